The van der Waals surface area contributed by atoms with Crippen LogP contribution in [-0.2, 0) is 0 Å². The van der Waals surface area contributed by atoms with Crippen LogP contribution in [0, 0.1) is 6.92 Å². The van der Waals surface area contributed by atoms with Crippen LogP contribution in [0.4, 0.5) is 0 Å². The van der Waals surface area contributed by atoms with Gasteiger partial charge in [-0.25, -0.2) is 9.78 Å². The number of hydrogen-bond donors (Lipinski definition) is 2. The summed E-state index contributed by atoms with van der Waals surface area (Å²) in [5.41, 5.74) is 4.94. The van der Waals surface area contributed by atoms with Crippen molar-refractivity contribution in [2.75, 3.05) is 0 Å². The first kappa shape index (κ1) is 8.25. The minimum absolute atomic E-state index is 0.135. The predicted molar refractivity (Wildman–Crippen MR) is 36.7 cm³/mol. The highest BCUT2D eigenvalue weighted by Gasteiger charge is 2.18. The average molecular weight is 170 g/mol. The molecule has 0 spiro atoms. The van der Waals surface area contributed by atoms with Crippen molar-refractivity contribution >= 4 is 11.9 Å². The van der Waals surface area contributed by atoms with E-state index >= 15 is 0 Å². The molecular weight excluding hydrogens is 164 g/mol. The zero-order valence-electron chi connectivity index (χ0n) is 6.20. The molecule has 1 aromatic rings. The maximum absolute atomic E-state index is 10.5. The lowest BCUT2D eigenvalue weighted by Crippen LogP contribution is -2.11. The van der Waals surface area contributed by atoms with Gasteiger partial charge in [0.25, 0.3) is 5.89 Å². The number of aromatic carboxylic acids is 1. The lowest BCUT2D eigenvalue weighted by atomic mass is 10.4. The minimum Gasteiger partial charge on any atom is -0.475 e. The van der Waals surface area contributed by atoms with Crippen molar-refractivity contribution in [1.82, 2.24) is 4.98 Å². The SMILES string of the molecule is Cc1nc(C(N)=O)oc1C(=O)O. The Morgan fingerprint density at radius 1 is 1.58 bits per heavy atom. The van der Waals surface area contributed by atoms with Gasteiger partial charge in [0.15, 0.2) is 0 Å². The van der Waals surface area contributed by atoms with Crippen LogP contribution < -0.4 is 5.73 Å². The number of carbonyl (C=O) groups is 2. The van der Waals surface area contributed by atoms with Crippen molar-refractivity contribution in [1.29, 1.82) is 0 Å². The lowest BCUT2D eigenvalue weighted by Gasteiger charge is -1.84. The molecule has 0 bridgehead atoms. The van der Waals surface area contributed by atoms with Crippen LogP contribution in [0.2, 0.25) is 0 Å². The van der Waals surface area contributed by atoms with E-state index in [1.807, 2.05) is 0 Å². The first-order valence-electron chi connectivity index (χ1n) is 3.03. The maximum atomic E-state index is 10.5. The van der Waals surface area contributed by atoms with Crippen LogP contribution in [0.1, 0.15) is 26.9 Å². The summed E-state index contributed by atoms with van der Waals surface area (Å²) in [5, 5.41) is 8.47. The molecule has 12 heavy (non-hydrogen) atoms. The molecule has 0 saturated heterocycles. The number of nitrogens with zero attached hydrogens (tertiary/aromatic N) is 1. The summed E-state index contributed by atoms with van der Waals surface area (Å²) < 4.78 is 4.55. The molecule has 0 radical (unpaired) electrons. The van der Waals surface area contributed by atoms with Gasteiger partial charge in [-0.3, -0.25) is 4.79 Å². The van der Waals surface area contributed by atoms with E-state index in [9.17, 15) is 9.59 Å². The fraction of sp³-hybridized carbons (Fsp3) is 0.167. The average Bonchev–Trinajstić information content (AvgIpc) is 2.30. The van der Waals surface area contributed by atoms with Crippen molar-refractivity contribution in [2.45, 2.75) is 6.92 Å². The smallest absolute Gasteiger partial charge is 0.373 e. The summed E-state index contributed by atoms with van der Waals surface area (Å²) in [5.74, 6) is -2.90. The van der Waals surface area contributed by atoms with Gasteiger partial charge >= 0.3 is 11.9 Å². The highest BCUT2D eigenvalue weighted by atomic mass is 16.4. The zero-order valence-corrected chi connectivity index (χ0v) is 6.20. The molecule has 0 aliphatic carbocycles. The fourth-order valence-corrected chi connectivity index (χ4v) is 0.700. The Morgan fingerprint density at radius 2 is 2.17 bits per heavy atom. The van der Waals surface area contributed by atoms with Gasteiger partial charge in [0.2, 0.25) is 5.76 Å². The highest BCUT2D eigenvalue weighted by molar-refractivity contribution is 5.91. The van der Waals surface area contributed by atoms with E-state index in [4.69, 9.17) is 10.8 Å². The predicted octanol–water partition coefficient (Wildman–Crippen LogP) is -0.220. The third-order valence-electron chi connectivity index (χ3n) is 1.20. The van der Waals surface area contributed by atoms with Crippen molar-refractivity contribution < 1.29 is 19.1 Å². The number of carbonyl (C=O) groups excluding carboxylic acids is 1. The molecule has 1 rings (SSSR count). The van der Waals surface area contributed by atoms with E-state index in [0.29, 0.717) is 0 Å². The molecule has 1 amide bonds. The Morgan fingerprint density at radius 3 is 2.42 bits per heavy atom. The molecule has 1 heterocycles. The topological polar surface area (TPSA) is 106 Å². The van der Waals surface area contributed by atoms with Crippen LogP contribution in [0.5, 0.6) is 0 Å². The summed E-state index contributed by atoms with van der Waals surface area (Å²) in [6, 6.07) is 0. The quantitative estimate of drug-likeness (QED) is 0.638. The van der Waals surface area contributed by atoms with E-state index in [2.05, 4.69) is 9.40 Å². The molecule has 3 N–H and O–H groups in total. The van der Waals surface area contributed by atoms with Crippen LogP contribution >= 0.6 is 0 Å². The molecule has 1 aromatic heterocycles. The Labute approximate surface area is 67.0 Å². The van der Waals surface area contributed by atoms with Gasteiger partial charge in [-0.15, -0.1) is 0 Å². The number of nitrogens with two attached hydrogens (primary N) is 1. The van der Waals surface area contributed by atoms with Crippen molar-refractivity contribution in [3.63, 3.8) is 0 Å². The second kappa shape index (κ2) is 2.65. The molecule has 0 saturated carbocycles. The van der Waals surface area contributed by atoms with Gasteiger partial charge in [0.05, 0.1) is 5.69 Å². The maximum Gasteiger partial charge on any atom is 0.373 e. The highest BCUT2D eigenvalue weighted by Crippen LogP contribution is 2.08. The van der Waals surface area contributed by atoms with Gasteiger partial charge in [0, 0.05) is 0 Å². The monoisotopic (exact) mass is 170 g/mol. The molecule has 6 nitrogen and oxygen atoms in total. The van der Waals surface area contributed by atoms with Gasteiger partial charge < -0.3 is 15.3 Å². The molecule has 0 aliphatic rings. The fourth-order valence-electron chi connectivity index (χ4n) is 0.700. The van der Waals surface area contributed by atoms with Crippen LogP contribution in [0.25, 0.3) is 0 Å². The molecule has 0 aliphatic heterocycles. The number of carboxylic acid groups (broad SMARTS) is 1. The Balaban J connectivity index is 3.17. The van der Waals surface area contributed by atoms with Gasteiger partial charge in [-0.05, 0) is 6.92 Å². The summed E-state index contributed by atoms with van der Waals surface area (Å²) in [6.07, 6.45) is 0. The third-order valence-corrected chi connectivity index (χ3v) is 1.20. The first-order valence-corrected chi connectivity index (χ1v) is 3.03. The van der Waals surface area contributed by atoms with Crippen LogP contribution in [-0.4, -0.2) is 22.0 Å². The summed E-state index contributed by atoms with van der Waals surface area (Å²) in [7, 11) is 0. The van der Waals surface area contributed by atoms with Crippen molar-refractivity contribution in [2.24, 2.45) is 5.73 Å². The molecule has 0 atom stereocenters. The Hall–Kier alpha value is -1.85. The zero-order chi connectivity index (χ0) is 9.30. The van der Waals surface area contributed by atoms with E-state index in [-0.39, 0.29) is 17.3 Å². The van der Waals surface area contributed by atoms with Gasteiger partial charge in [0.1, 0.15) is 0 Å². The number of oxazole rings is 1. The molecule has 6 heteroatoms. The second-order valence-corrected chi connectivity index (χ2v) is 2.10. The molecular formula is C6H6N2O4. The third kappa shape index (κ3) is 1.26. The lowest BCUT2D eigenvalue weighted by molar-refractivity contribution is 0.0659. The summed E-state index contributed by atoms with van der Waals surface area (Å²) >= 11 is 0. The van der Waals surface area contributed by atoms with Gasteiger partial charge in [-0.1, -0.05) is 0 Å². The first-order chi connectivity index (χ1) is 5.52. The minimum atomic E-state index is -1.27. The summed E-state index contributed by atoms with van der Waals surface area (Å²) in [6.45, 7) is 1.42. The molecule has 0 aromatic carbocycles. The molecule has 0 fully saturated rings. The number of amides is 1. The van der Waals surface area contributed by atoms with E-state index in [0.717, 1.165) is 0 Å². The molecule has 64 valence electrons. The van der Waals surface area contributed by atoms with Crippen LogP contribution in [0.15, 0.2) is 4.42 Å². The normalized spacial score (nSPS) is 9.75. The van der Waals surface area contributed by atoms with E-state index in [1.54, 1.807) is 0 Å². The number of aryl methyl sites for hydroxylation is 1. The number of carboxylic acids is 1. The summed E-state index contributed by atoms with van der Waals surface area (Å²) in [4.78, 5) is 24.3. The number of rotatable bonds is 2. The van der Waals surface area contributed by atoms with E-state index < -0.39 is 11.9 Å². The Kier molecular flexibility index (Phi) is 1.82. The van der Waals surface area contributed by atoms with E-state index in [1.165, 1.54) is 6.92 Å². The number of hydrogen-bond acceptors (Lipinski definition) is 4. The molecule has 0 unspecified atom stereocenters. The largest absolute Gasteiger partial charge is 0.475 e. The number of aromatic nitrogens is 1. The second-order valence-electron chi connectivity index (χ2n) is 2.10. The van der Waals surface area contributed by atoms with Crippen LogP contribution in [0.3, 0.4) is 0 Å². The standard InChI is InChI=1S/C6H6N2O4/c1-2-3(6(10)11)12-5(8-2)4(7)9/h1H3,(H2,7,9)(H,10,11). The van der Waals surface area contributed by atoms with Gasteiger partial charge in [-0.2, -0.15) is 0 Å². The van der Waals surface area contributed by atoms with Crippen molar-refractivity contribution in [3.8, 4) is 0 Å². The van der Waals surface area contributed by atoms with Crippen molar-refractivity contribution in [3.05, 3.63) is 17.3 Å². The Bertz CT molecular complexity index is 341. The number of primary amides is 1.